The van der Waals surface area contributed by atoms with Crippen molar-refractivity contribution in [1.82, 2.24) is 5.32 Å². The van der Waals surface area contributed by atoms with Crippen molar-refractivity contribution in [2.75, 3.05) is 0 Å². The van der Waals surface area contributed by atoms with Crippen molar-refractivity contribution in [2.45, 2.75) is 6.92 Å². The number of aliphatic imine (C=N–C) groups is 1. The van der Waals surface area contributed by atoms with Crippen LogP contribution in [0.25, 0.3) is 6.08 Å². The van der Waals surface area contributed by atoms with Gasteiger partial charge in [0.15, 0.2) is 0 Å². The van der Waals surface area contributed by atoms with Crippen LogP contribution in [-0.4, -0.2) is 11.7 Å². The van der Waals surface area contributed by atoms with Gasteiger partial charge in [-0.3, -0.25) is 4.79 Å². The van der Waals surface area contributed by atoms with Gasteiger partial charge in [-0.1, -0.05) is 35.9 Å². The largest absolute Gasteiger partial charge is 0.305 e. The highest BCUT2D eigenvalue weighted by molar-refractivity contribution is 7.10. The third-order valence-corrected chi connectivity index (χ3v) is 3.66. The minimum atomic E-state index is -0.149. The van der Waals surface area contributed by atoms with Crippen LogP contribution in [0.3, 0.4) is 0 Å². The van der Waals surface area contributed by atoms with E-state index in [1.165, 1.54) is 5.56 Å². The molecule has 19 heavy (non-hydrogen) atoms. The first kappa shape index (κ1) is 11.9. The summed E-state index contributed by atoms with van der Waals surface area (Å²) in [6, 6.07) is 11.8. The van der Waals surface area contributed by atoms with E-state index in [0.29, 0.717) is 11.5 Å². The molecule has 1 aliphatic heterocycles. The lowest BCUT2D eigenvalue weighted by molar-refractivity contribution is -0.115. The van der Waals surface area contributed by atoms with Crippen molar-refractivity contribution >= 4 is 29.2 Å². The van der Waals surface area contributed by atoms with Gasteiger partial charge in [0.1, 0.15) is 11.5 Å². The Bertz CT molecular complexity index is 667. The zero-order chi connectivity index (χ0) is 13.2. The van der Waals surface area contributed by atoms with Crippen molar-refractivity contribution in [3.05, 3.63) is 63.5 Å². The molecule has 0 unspecified atom stereocenters. The number of amides is 1. The Balaban J connectivity index is 1.93. The van der Waals surface area contributed by atoms with E-state index >= 15 is 0 Å². The minimum Gasteiger partial charge on any atom is -0.305 e. The van der Waals surface area contributed by atoms with Crippen LogP contribution < -0.4 is 5.32 Å². The van der Waals surface area contributed by atoms with Crippen LogP contribution in [0.5, 0.6) is 0 Å². The van der Waals surface area contributed by atoms with Crippen molar-refractivity contribution in [2.24, 2.45) is 4.99 Å². The third-order valence-electron chi connectivity index (χ3n) is 2.84. The van der Waals surface area contributed by atoms with Crippen LogP contribution in [0.1, 0.15) is 16.0 Å². The normalized spacial score (nSPS) is 16.6. The molecule has 1 N–H and O–H groups in total. The molecule has 2 heterocycles. The highest BCUT2D eigenvalue weighted by atomic mass is 32.1. The lowest BCUT2D eigenvalue weighted by Crippen LogP contribution is -2.24. The van der Waals surface area contributed by atoms with Gasteiger partial charge in [-0.25, -0.2) is 4.99 Å². The number of nitrogens with zero attached hydrogens (tertiary/aromatic N) is 1. The van der Waals surface area contributed by atoms with Gasteiger partial charge >= 0.3 is 0 Å². The van der Waals surface area contributed by atoms with Crippen molar-refractivity contribution in [1.29, 1.82) is 0 Å². The first-order valence-electron chi connectivity index (χ1n) is 5.95. The van der Waals surface area contributed by atoms with E-state index in [0.717, 1.165) is 10.4 Å². The smallest absolute Gasteiger partial charge is 0.275 e. The van der Waals surface area contributed by atoms with E-state index in [2.05, 4.69) is 10.3 Å². The van der Waals surface area contributed by atoms with E-state index in [9.17, 15) is 4.79 Å². The molecule has 3 rings (SSSR count). The highest BCUT2D eigenvalue weighted by Crippen LogP contribution is 2.18. The second-order valence-electron chi connectivity index (χ2n) is 4.33. The van der Waals surface area contributed by atoms with Gasteiger partial charge in [-0.05, 0) is 24.4 Å². The number of benzene rings is 1. The molecule has 0 saturated carbocycles. The van der Waals surface area contributed by atoms with E-state index < -0.39 is 0 Å². The first-order valence-corrected chi connectivity index (χ1v) is 6.82. The molecule has 0 aliphatic carbocycles. The summed E-state index contributed by atoms with van der Waals surface area (Å²) in [4.78, 5) is 17.3. The molecule has 0 saturated heterocycles. The van der Waals surface area contributed by atoms with Crippen molar-refractivity contribution in [3.63, 3.8) is 0 Å². The summed E-state index contributed by atoms with van der Waals surface area (Å²) in [5.41, 5.74) is 2.56. The Morgan fingerprint density at radius 3 is 2.68 bits per heavy atom. The lowest BCUT2D eigenvalue weighted by atomic mass is 10.1. The molecule has 3 nitrogen and oxygen atoms in total. The van der Waals surface area contributed by atoms with Gasteiger partial charge in [-0.2, -0.15) is 0 Å². The third kappa shape index (κ3) is 2.48. The fourth-order valence-electron chi connectivity index (χ4n) is 1.82. The van der Waals surface area contributed by atoms with Crippen LogP contribution in [0.4, 0.5) is 0 Å². The number of nitrogens with one attached hydrogen (secondary N) is 1. The molecule has 1 aromatic heterocycles. The van der Waals surface area contributed by atoms with Gasteiger partial charge < -0.3 is 5.32 Å². The Morgan fingerprint density at radius 2 is 2.00 bits per heavy atom. The zero-order valence-electron chi connectivity index (χ0n) is 10.4. The second kappa shape index (κ2) is 4.82. The van der Waals surface area contributed by atoms with Gasteiger partial charge in [0, 0.05) is 10.4 Å². The molecule has 2 aromatic rings. The number of carbonyl (C=O) groups excluding carboxylic acids is 1. The van der Waals surface area contributed by atoms with Gasteiger partial charge in [-0.15, -0.1) is 11.3 Å². The summed E-state index contributed by atoms with van der Waals surface area (Å²) in [7, 11) is 0. The molecule has 94 valence electrons. The van der Waals surface area contributed by atoms with E-state index in [1.54, 1.807) is 17.4 Å². The topological polar surface area (TPSA) is 41.5 Å². The molecule has 1 aliphatic rings. The molecule has 0 spiro atoms. The maximum absolute atomic E-state index is 11.9. The predicted octanol–water partition coefficient (Wildman–Crippen LogP) is 2.97. The van der Waals surface area contributed by atoms with E-state index in [1.807, 2.05) is 48.7 Å². The van der Waals surface area contributed by atoms with Crippen molar-refractivity contribution in [3.8, 4) is 0 Å². The summed E-state index contributed by atoms with van der Waals surface area (Å²) >= 11 is 1.59. The van der Waals surface area contributed by atoms with Crippen LogP contribution in [-0.2, 0) is 4.79 Å². The Morgan fingerprint density at radius 1 is 1.21 bits per heavy atom. The summed E-state index contributed by atoms with van der Waals surface area (Å²) in [5, 5.41) is 4.78. The molecule has 0 atom stereocenters. The molecule has 1 amide bonds. The fraction of sp³-hybridized carbons (Fsp3) is 0.0667. The maximum Gasteiger partial charge on any atom is 0.275 e. The van der Waals surface area contributed by atoms with Gasteiger partial charge in [0.2, 0.25) is 0 Å². The minimum absolute atomic E-state index is 0.149. The zero-order valence-corrected chi connectivity index (χ0v) is 11.2. The molecule has 0 fully saturated rings. The summed E-state index contributed by atoms with van der Waals surface area (Å²) in [5.74, 6) is 0.469. The van der Waals surface area contributed by atoms with Gasteiger partial charge in [0.25, 0.3) is 5.91 Å². The first-order chi connectivity index (χ1) is 9.22. The Kier molecular flexibility index (Phi) is 3.01. The average molecular weight is 268 g/mol. The quantitative estimate of drug-likeness (QED) is 0.836. The van der Waals surface area contributed by atoms with Crippen molar-refractivity contribution < 1.29 is 4.79 Å². The SMILES string of the molecule is Cc1ccc(C2=N/C(=C/c3cccs3)C(=O)N2)cc1. The number of thiophene rings is 1. The molecule has 4 heteroatoms. The van der Waals surface area contributed by atoms with Crippen LogP contribution in [0, 0.1) is 6.92 Å². The number of carbonyl (C=O) groups is 1. The average Bonchev–Trinajstić information content (AvgIpc) is 3.02. The van der Waals surface area contributed by atoms with Gasteiger partial charge in [0.05, 0.1) is 0 Å². The summed E-state index contributed by atoms with van der Waals surface area (Å²) < 4.78 is 0. The molecule has 0 bridgehead atoms. The highest BCUT2D eigenvalue weighted by Gasteiger charge is 2.20. The molecular formula is C15H12N2OS. The molecule has 0 radical (unpaired) electrons. The predicted molar refractivity (Wildman–Crippen MR) is 78.2 cm³/mol. The number of hydrogen-bond donors (Lipinski definition) is 1. The summed E-state index contributed by atoms with van der Waals surface area (Å²) in [6.07, 6.45) is 1.81. The second-order valence-corrected chi connectivity index (χ2v) is 5.30. The lowest BCUT2D eigenvalue weighted by Gasteiger charge is -2.00. The molecule has 1 aromatic carbocycles. The number of hydrogen-bond acceptors (Lipinski definition) is 3. The fourth-order valence-corrected chi connectivity index (χ4v) is 2.48. The number of aryl methyl sites for hydroxylation is 1. The maximum atomic E-state index is 11.9. The number of rotatable bonds is 2. The van der Waals surface area contributed by atoms with Crippen LogP contribution >= 0.6 is 11.3 Å². The standard InChI is InChI=1S/C15H12N2OS/c1-10-4-6-11(7-5-10)14-16-13(15(18)17-14)9-12-3-2-8-19-12/h2-9H,1H3,(H,16,17,18)/b13-9+. The summed E-state index contributed by atoms with van der Waals surface area (Å²) in [6.45, 7) is 2.03. The van der Waals surface area contributed by atoms with E-state index in [4.69, 9.17) is 0 Å². The monoisotopic (exact) mass is 268 g/mol. The van der Waals surface area contributed by atoms with Crippen LogP contribution in [0.15, 0.2) is 52.5 Å². The Hall–Kier alpha value is -2.20. The Labute approximate surface area is 115 Å². The van der Waals surface area contributed by atoms with Crippen LogP contribution in [0.2, 0.25) is 0 Å². The number of amidine groups is 1. The molecular weight excluding hydrogens is 256 g/mol. The van der Waals surface area contributed by atoms with E-state index in [-0.39, 0.29) is 5.91 Å².